The fourth-order valence-electron chi connectivity index (χ4n) is 7.02. The zero-order valence-corrected chi connectivity index (χ0v) is 32.0. The van der Waals surface area contributed by atoms with Gasteiger partial charge >= 0.3 is 5.97 Å². The number of likely N-dealkylation sites (tertiary alicyclic amines) is 1. The largest absolute Gasteiger partial charge is 0.496 e. The Morgan fingerprint density at radius 3 is 2.25 bits per heavy atom. The Morgan fingerprint density at radius 2 is 1.56 bits per heavy atom. The molecule has 0 spiro atoms. The number of nitrogens with zero attached hydrogens (tertiary/aromatic N) is 3. The first-order valence-electron chi connectivity index (χ1n) is 18.6. The van der Waals surface area contributed by atoms with Crippen LogP contribution in [0.15, 0.2) is 66.7 Å². The van der Waals surface area contributed by atoms with Crippen molar-refractivity contribution in [3.63, 3.8) is 0 Å². The number of ether oxygens (including phenoxy) is 3. The minimum absolute atomic E-state index is 0.00100. The van der Waals surface area contributed by atoms with Crippen LogP contribution >= 0.6 is 0 Å². The Hall–Kier alpha value is -3.93. The highest BCUT2D eigenvalue weighted by atomic mass is 32.2. The maximum absolute atomic E-state index is 13.1. The lowest BCUT2D eigenvalue weighted by molar-refractivity contribution is -0.142. The van der Waals surface area contributed by atoms with Crippen molar-refractivity contribution in [2.75, 3.05) is 52.1 Å². The molecular formula is C41H55N3O7S. The second-order valence-electron chi connectivity index (χ2n) is 14.2. The van der Waals surface area contributed by atoms with Crippen LogP contribution in [0.2, 0.25) is 0 Å². The summed E-state index contributed by atoms with van der Waals surface area (Å²) in [6, 6.07) is 21.8. The Bertz CT molecular complexity index is 1750. The van der Waals surface area contributed by atoms with Crippen LogP contribution in [0, 0.1) is 12.8 Å². The maximum atomic E-state index is 13.1. The number of piperidine rings is 2. The Balaban J connectivity index is 0.000000370. The molecule has 2 saturated heterocycles. The predicted molar refractivity (Wildman–Crippen MR) is 203 cm³/mol. The average Bonchev–Trinajstić information content (AvgIpc) is 3.15. The molecule has 0 aliphatic carbocycles. The van der Waals surface area contributed by atoms with Gasteiger partial charge in [0, 0.05) is 52.3 Å². The van der Waals surface area contributed by atoms with Crippen molar-refractivity contribution in [3.8, 4) is 11.5 Å². The molecule has 3 heterocycles. The van der Waals surface area contributed by atoms with E-state index in [0.717, 1.165) is 63.1 Å². The van der Waals surface area contributed by atoms with E-state index in [2.05, 4.69) is 36.1 Å². The molecule has 0 atom stereocenters. The number of carbonyl (C=O) groups is 2. The highest BCUT2D eigenvalue weighted by molar-refractivity contribution is 7.89. The van der Waals surface area contributed by atoms with E-state index >= 15 is 0 Å². The van der Waals surface area contributed by atoms with E-state index in [9.17, 15) is 18.0 Å². The molecule has 0 N–H and O–H groups in total. The number of fused-ring (bicyclic) bond motifs is 1. The smallest absolute Gasteiger partial charge is 0.302 e. The van der Waals surface area contributed by atoms with Crippen molar-refractivity contribution >= 4 is 21.9 Å². The molecule has 3 aliphatic heterocycles. The number of hydrogen-bond acceptors (Lipinski definition) is 8. The van der Waals surface area contributed by atoms with E-state index < -0.39 is 10.0 Å². The van der Waals surface area contributed by atoms with Gasteiger partial charge in [-0.05, 0) is 92.3 Å². The Kier molecular flexibility index (Phi) is 14.1. The molecule has 3 aromatic rings. The molecule has 1 amide bonds. The summed E-state index contributed by atoms with van der Waals surface area (Å²) in [4.78, 5) is 27.8. The van der Waals surface area contributed by atoms with Crippen LogP contribution in [0.3, 0.4) is 0 Å². The number of carbonyl (C=O) groups excluding carboxylic acids is 2. The van der Waals surface area contributed by atoms with E-state index in [4.69, 9.17) is 14.2 Å². The Morgan fingerprint density at radius 1 is 0.865 bits per heavy atom. The summed E-state index contributed by atoms with van der Waals surface area (Å²) < 4.78 is 44.3. The second-order valence-corrected chi connectivity index (χ2v) is 16.3. The number of aryl methyl sites for hydroxylation is 1. The normalized spacial score (nSPS) is 17.4. The molecule has 0 unspecified atom stereocenters. The first-order chi connectivity index (χ1) is 25.0. The van der Waals surface area contributed by atoms with Crippen LogP contribution in [-0.2, 0) is 39.1 Å². The van der Waals surface area contributed by atoms with Crippen molar-refractivity contribution in [2.24, 2.45) is 5.92 Å². The van der Waals surface area contributed by atoms with E-state index in [-0.39, 0.29) is 23.7 Å². The third-order valence-electron chi connectivity index (χ3n) is 10.3. The van der Waals surface area contributed by atoms with Crippen molar-refractivity contribution < 1.29 is 32.2 Å². The number of esters is 1. The number of benzene rings is 3. The standard InChI is InChI=1S/C31H43N3O5S.C10H12O2/c1-24-10-17-33(18-11-24)31(35)29-9-8-28(22-30(29)38-2)39-27-13-19-34(20-14-27)40(36,37)21-5-15-32-16-12-25-6-3-4-7-26(25)23-32;1-8-5-3-4-6-10(8)7-12-9(2)11/h3-4,6-9,22,24,27H,5,10-21,23H2,1-2H3;3-6H,7H2,1-2H3. The van der Waals surface area contributed by atoms with Crippen LogP contribution in [0.5, 0.6) is 11.5 Å². The molecule has 2 fully saturated rings. The lowest BCUT2D eigenvalue weighted by Gasteiger charge is -2.32. The van der Waals surface area contributed by atoms with Gasteiger partial charge in [0.05, 0.1) is 18.4 Å². The predicted octanol–water partition coefficient (Wildman–Crippen LogP) is 6.25. The first kappa shape index (κ1) is 39.3. The van der Waals surface area contributed by atoms with E-state index in [1.807, 2.05) is 42.2 Å². The number of methoxy groups -OCH3 is 1. The lowest BCUT2D eigenvalue weighted by atomic mass is 9.98. The van der Waals surface area contributed by atoms with E-state index in [1.54, 1.807) is 23.5 Å². The molecule has 0 bridgehead atoms. The summed E-state index contributed by atoms with van der Waals surface area (Å²) >= 11 is 0. The van der Waals surface area contributed by atoms with Gasteiger partial charge in [-0.3, -0.25) is 14.5 Å². The SMILES string of the molecule is CC(=O)OCc1ccccc1C.COc1cc(OC2CCN(S(=O)(=O)CCCN3CCc4ccccc4C3)CC2)ccc1C(=O)N1CCC(C)CC1. The van der Waals surface area contributed by atoms with Crippen molar-refractivity contribution in [1.29, 1.82) is 0 Å². The fourth-order valence-corrected chi connectivity index (χ4v) is 8.54. The highest BCUT2D eigenvalue weighted by Crippen LogP contribution is 2.30. The molecular weight excluding hydrogens is 679 g/mol. The second kappa shape index (κ2) is 18.7. The van der Waals surface area contributed by atoms with Gasteiger partial charge in [0.1, 0.15) is 24.2 Å². The third kappa shape index (κ3) is 11.0. The van der Waals surface area contributed by atoms with Crippen LogP contribution in [0.25, 0.3) is 0 Å². The van der Waals surface area contributed by atoms with Gasteiger partial charge in [-0.1, -0.05) is 55.5 Å². The lowest BCUT2D eigenvalue weighted by Crippen LogP contribution is -2.43. The van der Waals surface area contributed by atoms with Crippen LogP contribution in [0.1, 0.15) is 78.6 Å². The quantitative estimate of drug-likeness (QED) is 0.213. The number of hydrogen-bond donors (Lipinski definition) is 0. The summed E-state index contributed by atoms with van der Waals surface area (Å²) in [5.41, 5.74) is 5.53. The highest BCUT2D eigenvalue weighted by Gasteiger charge is 2.30. The summed E-state index contributed by atoms with van der Waals surface area (Å²) in [5, 5.41) is 0. The monoisotopic (exact) mass is 733 g/mol. The number of sulfonamides is 1. The van der Waals surface area contributed by atoms with E-state index in [1.165, 1.54) is 18.1 Å². The molecule has 52 heavy (non-hydrogen) atoms. The summed E-state index contributed by atoms with van der Waals surface area (Å²) in [5.74, 6) is 1.75. The summed E-state index contributed by atoms with van der Waals surface area (Å²) in [6.07, 6.45) is 4.92. The van der Waals surface area contributed by atoms with Crippen LogP contribution < -0.4 is 9.47 Å². The zero-order valence-electron chi connectivity index (χ0n) is 31.2. The molecule has 0 radical (unpaired) electrons. The van der Waals surface area contributed by atoms with Gasteiger partial charge in [-0.15, -0.1) is 0 Å². The van der Waals surface area contributed by atoms with Gasteiger partial charge in [-0.25, -0.2) is 12.7 Å². The summed E-state index contributed by atoms with van der Waals surface area (Å²) in [7, 11) is -1.72. The molecule has 282 valence electrons. The molecule has 6 rings (SSSR count). The van der Waals surface area contributed by atoms with Gasteiger partial charge in [0.15, 0.2) is 0 Å². The average molecular weight is 734 g/mol. The van der Waals surface area contributed by atoms with Crippen molar-refractivity contribution in [1.82, 2.24) is 14.1 Å². The molecule has 11 heteroatoms. The minimum Gasteiger partial charge on any atom is -0.496 e. The van der Waals surface area contributed by atoms with E-state index in [0.29, 0.717) is 61.9 Å². The van der Waals surface area contributed by atoms with Gasteiger partial charge in [-0.2, -0.15) is 0 Å². The topological polar surface area (TPSA) is 106 Å². The number of rotatable bonds is 11. The van der Waals surface area contributed by atoms with Crippen LogP contribution in [0.4, 0.5) is 0 Å². The van der Waals surface area contributed by atoms with Crippen molar-refractivity contribution in [2.45, 2.75) is 78.6 Å². The maximum Gasteiger partial charge on any atom is 0.302 e. The van der Waals surface area contributed by atoms with Crippen LogP contribution in [-0.4, -0.2) is 92.6 Å². The minimum atomic E-state index is -3.29. The first-order valence-corrected chi connectivity index (χ1v) is 20.2. The van der Waals surface area contributed by atoms with Gasteiger partial charge in [0.2, 0.25) is 10.0 Å². The van der Waals surface area contributed by atoms with Gasteiger partial charge < -0.3 is 19.1 Å². The summed E-state index contributed by atoms with van der Waals surface area (Å²) in [6.45, 7) is 11.2. The fraction of sp³-hybridized carbons (Fsp3) is 0.512. The molecule has 10 nitrogen and oxygen atoms in total. The molecule has 0 aromatic heterocycles. The zero-order chi connectivity index (χ0) is 37.1. The third-order valence-corrected chi connectivity index (χ3v) is 12.3. The molecule has 3 aromatic carbocycles. The molecule has 3 aliphatic rings. The van der Waals surface area contributed by atoms with Gasteiger partial charge in [0.25, 0.3) is 5.91 Å². The molecule has 0 saturated carbocycles. The Labute approximate surface area is 310 Å². The van der Waals surface area contributed by atoms with Crippen molar-refractivity contribution in [3.05, 3.63) is 94.5 Å². The number of amides is 1.